The number of fused-ring (bicyclic) bond motifs is 1. The fourth-order valence-corrected chi connectivity index (χ4v) is 1.95. The summed E-state index contributed by atoms with van der Waals surface area (Å²) in [5.74, 6) is -1.64. The maximum atomic E-state index is 12.0. The number of hydrazine groups is 1. The Kier molecular flexibility index (Phi) is 2.76. The van der Waals surface area contributed by atoms with Crippen LogP contribution >= 0.6 is 0 Å². The van der Waals surface area contributed by atoms with Gasteiger partial charge in [-0.15, -0.1) is 0 Å². The van der Waals surface area contributed by atoms with E-state index in [0.29, 0.717) is 0 Å². The predicted molar refractivity (Wildman–Crippen MR) is 68.6 cm³/mol. The molecule has 0 unspecified atom stereocenters. The van der Waals surface area contributed by atoms with Gasteiger partial charge in [-0.25, -0.2) is 0 Å². The van der Waals surface area contributed by atoms with Crippen LogP contribution < -0.4 is 5.43 Å². The largest absolute Gasteiger partial charge is 0.280 e. The second kappa shape index (κ2) is 4.58. The van der Waals surface area contributed by atoms with E-state index in [1.165, 1.54) is 12.4 Å². The minimum atomic E-state index is -0.562. The van der Waals surface area contributed by atoms with Crippen molar-refractivity contribution in [3.63, 3.8) is 0 Å². The first-order valence-electron chi connectivity index (χ1n) is 5.87. The van der Waals surface area contributed by atoms with E-state index in [1.54, 1.807) is 36.4 Å². The summed E-state index contributed by atoms with van der Waals surface area (Å²) in [5.41, 5.74) is 3.13. The molecule has 1 N–H and O–H groups in total. The average molecular weight is 267 g/mol. The fourth-order valence-electron chi connectivity index (χ4n) is 1.95. The highest BCUT2D eigenvalue weighted by molar-refractivity contribution is 6.22. The number of imide groups is 1. The lowest BCUT2D eigenvalue weighted by Gasteiger charge is -2.14. The highest BCUT2D eigenvalue weighted by atomic mass is 16.2. The van der Waals surface area contributed by atoms with Crippen LogP contribution in [0.5, 0.6) is 0 Å². The van der Waals surface area contributed by atoms with Gasteiger partial charge in [-0.05, 0) is 24.3 Å². The molecule has 2 heterocycles. The molecule has 2 aromatic rings. The second-order valence-electron chi connectivity index (χ2n) is 4.17. The lowest BCUT2D eigenvalue weighted by Crippen LogP contribution is -2.45. The molecule has 20 heavy (non-hydrogen) atoms. The van der Waals surface area contributed by atoms with Gasteiger partial charge in [-0.3, -0.25) is 24.8 Å². The van der Waals surface area contributed by atoms with Gasteiger partial charge in [-0.2, -0.15) is 5.01 Å². The van der Waals surface area contributed by atoms with E-state index in [0.717, 1.165) is 5.01 Å². The molecule has 0 spiro atoms. The van der Waals surface area contributed by atoms with Crippen molar-refractivity contribution in [2.24, 2.45) is 0 Å². The van der Waals surface area contributed by atoms with E-state index in [2.05, 4.69) is 10.4 Å². The van der Waals surface area contributed by atoms with Crippen molar-refractivity contribution in [3.05, 3.63) is 65.5 Å². The van der Waals surface area contributed by atoms with Crippen LogP contribution in [0.25, 0.3) is 0 Å². The molecule has 0 aliphatic carbocycles. The number of aromatic nitrogens is 1. The molecule has 0 saturated heterocycles. The molecule has 3 rings (SSSR count). The van der Waals surface area contributed by atoms with Crippen LogP contribution in [0.2, 0.25) is 0 Å². The molecule has 0 bridgehead atoms. The number of rotatable bonds is 2. The zero-order valence-electron chi connectivity index (χ0n) is 10.2. The Hall–Kier alpha value is -3.02. The molecule has 1 aromatic heterocycles. The number of pyridine rings is 1. The van der Waals surface area contributed by atoms with Crippen molar-refractivity contribution < 1.29 is 14.4 Å². The highest BCUT2D eigenvalue weighted by Crippen LogP contribution is 2.20. The molecule has 0 fully saturated rings. The number of carbonyl (C=O) groups is 3. The topological polar surface area (TPSA) is 79.4 Å². The van der Waals surface area contributed by atoms with Gasteiger partial charge in [0.25, 0.3) is 17.7 Å². The van der Waals surface area contributed by atoms with Gasteiger partial charge >= 0.3 is 0 Å². The summed E-state index contributed by atoms with van der Waals surface area (Å²) in [7, 11) is 0. The average Bonchev–Trinajstić information content (AvgIpc) is 2.74. The molecule has 3 amide bonds. The van der Waals surface area contributed by atoms with Crippen molar-refractivity contribution in [1.82, 2.24) is 15.4 Å². The van der Waals surface area contributed by atoms with E-state index in [9.17, 15) is 14.4 Å². The normalized spacial score (nSPS) is 13.3. The van der Waals surface area contributed by atoms with Gasteiger partial charge in [-0.1, -0.05) is 12.1 Å². The number of hydrogen-bond donors (Lipinski definition) is 1. The molecular formula is C14H9N3O3. The van der Waals surface area contributed by atoms with E-state index in [1.807, 2.05) is 0 Å². The molecular weight excluding hydrogens is 258 g/mol. The fraction of sp³-hybridized carbons (Fsp3) is 0. The summed E-state index contributed by atoms with van der Waals surface area (Å²) in [4.78, 5) is 39.9. The third-order valence-corrected chi connectivity index (χ3v) is 2.93. The summed E-state index contributed by atoms with van der Waals surface area (Å²) in [5, 5.41) is 0.722. The van der Waals surface area contributed by atoms with Crippen LogP contribution in [0.1, 0.15) is 31.1 Å². The summed E-state index contributed by atoms with van der Waals surface area (Å²) in [6.45, 7) is 0. The van der Waals surface area contributed by atoms with Crippen LogP contribution in [-0.4, -0.2) is 27.7 Å². The van der Waals surface area contributed by atoms with Gasteiger partial charge in [0.2, 0.25) is 0 Å². The number of carbonyl (C=O) groups excluding carboxylic acids is 3. The molecule has 0 radical (unpaired) electrons. The van der Waals surface area contributed by atoms with Crippen LogP contribution in [0.4, 0.5) is 0 Å². The third-order valence-electron chi connectivity index (χ3n) is 2.93. The Labute approximate surface area is 114 Å². The quantitative estimate of drug-likeness (QED) is 0.824. The van der Waals surface area contributed by atoms with Crippen LogP contribution in [0, 0.1) is 0 Å². The summed E-state index contributed by atoms with van der Waals surface area (Å²) in [6.07, 6.45) is 2.88. The SMILES string of the molecule is O=C(NN1C(=O)c2ccccc2C1=O)c1cccnc1. The van der Waals surface area contributed by atoms with Gasteiger partial charge in [0.15, 0.2) is 0 Å². The Bertz CT molecular complexity index is 678. The predicted octanol–water partition coefficient (Wildman–Crippen LogP) is 1.02. The number of benzene rings is 1. The maximum absolute atomic E-state index is 12.0. The summed E-state index contributed by atoms with van der Waals surface area (Å²) in [6, 6.07) is 9.56. The molecule has 1 aliphatic heterocycles. The zero-order chi connectivity index (χ0) is 14.1. The second-order valence-corrected chi connectivity index (χ2v) is 4.17. The molecule has 6 nitrogen and oxygen atoms in total. The van der Waals surface area contributed by atoms with Gasteiger partial charge in [0.1, 0.15) is 0 Å². The lowest BCUT2D eigenvalue weighted by atomic mass is 10.1. The van der Waals surface area contributed by atoms with E-state index < -0.39 is 17.7 Å². The van der Waals surface area contributed by atoms with Crippen molar-refractivity contribution >= 4 is 17.7 Å². The highest BCUT2D eigenvalue weighted by Gasteiger charge is 2.36. The van der Waals surface area contributed by atoms with Gasteiger partial charge in [0, 0.05) is 12.4 Å². The van der Waals surface area contributed by atoms with Crippen LogP contribution in [-0.2, 0) is 0 Å². The zero-order valence-corrected chi connectivity index (χ0v) is 10.2. The molecule has 0 saturated carbocycles. The number of hydrogen-bond acceptors (Lipinski definition) is 4. The molecule has 6 heteroatoms. The first-order chi connectivity index (χ1) is 9.68. The third kappa shape index (κ3) is 1.83. The first kappa shape index (κ1) is 12.0. The van der Waals surface area contributed by atoms with E-state index in [4.69, 9.17) is 0 Å². The van der Waals surface area contributed by atoms with Crippen molar-refractivity contribution in [1.29, 1.82) is 0 Å². The summed E-state index contributed by atoms with van der Waals surface area (Å²) < 4.78 is 0. The van der Waals surface area contributed by atoms with E-state index >= 15 is 0 Å². The Morgan fingerprint density at radius 1 is 1.00 bits per heavy atom. The van der Waals surface area contributed by atoms with Crippen molar-refractivity contribution in [2.45, 2.75) is 0 Å². The monoisotopic (exact) mass is 267 g/mol. The van der Waals surface area contributed by atoms with E-state index in [-0.39, 0.29) is 16.7 Å². The van der Waals surface area contributed by atoms with Crippen LogP contribution in [0.15, 0.2) is 48.8 Å². The molecule has 98 valence electrons. The van der Waals surface area contributed by atoms with Gasteiger partial charge < -0.3 is 0 Å². The number of amides is 3. The van der Waals surface area contributed by atoms with Crippen molar-refractivity contribution in [3.8, 4) is 0 Å². The Morgan fingerprint density at radius 2 is 1.65 bits per heavy atom. The Morgan fingerprint density at radius 3 is 2.20 bits per heavy atom. The smallest absolute Gasteiger partial charge is 0.267 e. The molecule has 1 aliphatic rings. The van der Waals surface area contributed by atoms with Crippen molar-refractivity contribution in [2.75, 3.05) is 0 Å². The minimum absolute atomic E-state index is 0.268. The molecule has 0 atom stereocenters. The Balaban J connectivity index is 1.86. The first-order valence-corrected chi connectivity index (χ1v) is 5.87. The number of nitrogens with zero attached hydrogens (tertiary/aromatic N) is 2. The number of nitrogens with one attached hydrogen (secondary N) is 1. The lowest BCUT2D eigenvalue weighted by molar-refractivity contribution is 0.0518. The maximum Gasteiger partial charge on any atom is 0.280 e. The summed E-state index contributed by atoms with van der Waals surface area (Å²) >= 11 is 0. The molecule has 1 aromatic carbocycles. The standard InChI is InChI=1S/C14H9N3O3/c18-12(9-4-3-7-15-8-9)16-17-13(19)10-5-1-2-6-11(10)14(17)20/h1-8H,(H,16,18). The minimum Gasteiger partial charge on any atom is -0.267 e. The van der Waals surface area contributed by atoms with Crippen LogP contribution in [0.3, 0.4) is 0 Å². The van der Waals surface area contributed by atoms with Gasteiger partial charge in [0.05, 0.1) is 16.7 Å².